The van der Waals surface area contributed by atoms with E-state index in [-0.39, 0.29) is 6.42 Å². The van der Waals surface area contributed by atoms with Crippen LogP contribution in [-0.2, 0) is 4.74 Å². The zero-order valence-corrected chi connectivity index (χ0v) is 14.5. The molecule has 0 bridgehead atoms. The molecule has 0 aromatic heterocycles. The van der Waals surface area contributed by atoms with E-state index >= 15 is 0 Å². The van der Waals surface area contributed by atoms with Gasteiger partial charge in [-0.25, -0.2) is 8.78 Å². The van der Waals surface area contributed by atoms with Crippen molar-refractivity contribution in [2.75, 3.05) is 37.7 Å². The van der Waals surface area contributed by atoms with Gasteiger partial charge in [0.15, 0.2) is 0 Å². The van der Waals surface area contributed by atoms with Crippen LogP contribution in [0.25, 0.3) is 0 Å². The van der Waals surface area contributed by atoms with Gasteiger partial charge in [0, 0.05) is 38.2 Å². The van der Waals surface area contributed by atoms with E-state index in [1.165, 1.54) is 5.69 Å². The molecule has 1 unspecified atom stereocenters. The molecule has 1 saturated carbocycles. The molecule has 4 nitrogen and oxygen atoms in total. The lowest BCUT2D eigenvalue weighted by Crippen LogP contribution is -2.46. The molecule has 2 fully saturated rings. The van der Waals surface area contributed by atoms with Gasteiger partial charge in [0.1, 0.15) is 6.04 Å². The molecule has 2 aliphatic heterocycles. The van der Waals surface area contributed by atoms with Crippen LogP contribution in [0.5, 0.6) is 0 Å². The van der Waals surface area contributed by atoms with E-state index in [1.54, 1.807) is 5.01 Å². The maximum atomic E-state index is 14.2. The summed E-state index contributed by atoms with van der Waals surface area (Å²) in [5, 5.41) is 6.20. The Morgan fingerprint density at radius 2 is 1.80 bits per heavy atom. The summed E-state index contributed by atoms with van der Waals surface area (Å²) in [5.74, 6) is -2.61. The van der Waals surface area contributed by atoms with Crippen LogP contribution in [0.2, 0.25) is 0 Å². The third-order valence-electron chi connectivity index (χ3n) is 5.49. The molecule has 3 aliphatic rings. The maximum Gasteiger partial charge on any atom is 0.269 e. The number of rotatable bonds is 3. The summed E-state index contributed by atoms with van der Waals surface area (Å²) in [4.78, 5) is 2.30. The van der Waals surface area contributed by atoms with Crippen molar-refractivity contribution < 1.29 is 13.5 Å². The normalized spacial score (nSPS) is 26.6. The number of hydrogen-bond acceptors (Lipinski definition) is 4. The number of anilines is 1. The molecule has 0 radical (unpaired) electrons. The number of halogens is 2. The van der Waals surface area contributed by atoms with Crippen LogP contribution >= 0.6 is 0 Å². The summed E-state index contributed by atoms with van der Waals surface area (Å²) in [6.45, 7) is 3.94. The molecule has 0 spiro atoms. The average Bonchev–Trinajstić information content (AvgIpc) is 3.12. The number of hydrogen-bond donors (Lipinski definition) is 0. The summed E-state index contributed by atoms with van der Waals surface area (Å²) < 4.78 is 33.7. The molecule has 1 atom stereocenters. The lowest BCUT2D eigenvalue weighted by atomic mass is 9.91. The lowest BCUT2D eigenvalue weighted by Gasteiger charge is -2.36. The second-order valence-electron chi connectivity index (χ2n) is 7.13. The largest absolute Gasteiger partial charge is 0.378 e. The van der Waals surface area contributed by atoms with Gasteiger partial charge in [-0.1, -0.05) is 18.6 Å². The molecule has 1 aromatic carbocycles. The van der Waals surface area contributed by atoms with Gasteiger partial charge in [0.05, 0.1) is 18.9 Å². The fraction of sp³-hybridized carbons (Fsp3) is 0.632. The Labute approximate surface area is 147 Å². The third kappa shape index (κ3) is 3.50. The first-order chi connectivity index (χ1) is 12.1. The van der Waals surface area contributed by atoms with E-state index in [2.05, 4.69) is 34.3 Å². The van der Waals surface area contributed by atoms with Crippen molar-refractivity contribution in [3.05, 3.63) is 29.8 Å². The molecule has 1 saturated heterocycles. The molecule has 1 aliphatic carbocycles. The number of ether oxygens (including phenoxy) is 1. The van der Waals surface area contributed by atoms with Crippen molar-refractivity contribution in [2.24, 2.45) is 5.10 Å². The Hall–Kier alpha value is -1.69. The monoisotopic (exact) mass is 349 g/mol. The predicted octanol–water partition coefficient (Wildman–Crippen LogP) is 3.51. The Kier molecular flexibility index (Phi) is 4.63. The van der Waals surface area contributed by atoms with E-state index in [0.717, 1.165) is 50.4 Å². The number of hydrazone groups is 1. The van der Waals surface area contributed by atoms with Crippen molar-refractivity contribution >= 4 is 11.4 Å². The lowest BCUT2D eigenvalue weighted by molar-refractivity contribution is -0.103. The minimum absolute atomic E-state index is 0.00668. The highest BCUT2D eigenvalue weighted by atomic mass is 19.3. The fourth-order valence-electron chi connectivity index (χ4n) is 4.03. The van der Waals surface area contributed by atoms with Crippen LogP contribution in [-0.4, -0.2) is 55.5 Å². The smallest absolute Gasteiger partial charge is 0.269 e. The summed E-state index contributed by atoms with van der Waals surface area (Å²) in [5.41, 5.74) is 3.15. The van der Waals surface area contributed by atoms with Gasteiger partial charge >= 0.3 is 0 Å². The molecule has 2 heterocycles. The van der Waals surface area contributed by atoms with E-state index < -0.39 is 12.0 Å². The van der Waals surface area contributed by atoms with E-state index in [0.29, 0.717) is 19.4 Å². The second kappa shape index (κ2) is 6.90. The highest BCUT2D eigenvalue weighted by Gasteiger charge is 2.45. The minimum Gasteiger partial charge on any atom is -0.378 e. The van der Waals surface area contributed by atoms with E-state index in [1.807, 2.05) is 0 Å². The predicted molar refractivity (Wildman–Crippen MR) is 94.5 cm³/mol. The Balaban J connectivity index is 1.46. The molecule has 6 heteroatoms. The molecule has 0 N–H and O–H groups in total. The Morgan fingerprint density at radius 3 is 2.52 bits per heavy atom. The summed E-state index contributed by atoms with van der Waals surface area (Å²) >= 11 is 0. The van der Waals surface area contributed by atoms with E-state index in [9.17, 15) is 8.78 Å². The number of alkyl halides is 2. The van der Waals surface area contributed by atoms with Gasteiger partial charge < -0.3 is 9.64 Å². The number of morpholine rings is 1. The van der Waals surface area contributed by atoms with Crippen molar-refractivity contribution in [3.8, 4) is 0 Å². The number of nitrogens with zero attached hydrogens (tertiary/aromatic N) is 3. The van der Waals surface area contributed by atoms with E-state index in [4.69, 9.17) is 4.74 Å². The van der Waals surface area contributed by atoms with Crippen molar-refractivity contribution in [1.29, 1.82) is 0 Å². The first-order valence-corrected chi connectivity index (χ1v) is 9.28. The fourth-order valence-corrected chi connectivity index (χ4v) is 4.03. The van der Waals surface area contributed by atoms with Crippen LogP contribution in [0.4, 0.5) is 14.5 Å². The third-order valence-corrected chi connectivity index (χ3v) is 5.49. The van der Waals surface area contributed by atoms with Crippen molar-refractivity contribution in [1.82, 2.24) is 5.01 Å². The van der Waals surface area contributed by atoms with Gasteiger partial charge in [0.25, 0.3) is 5.92 Å². The van der Waals surface area contributed by atoms with Gasteiger partial charge in [-0.05, 0) is 30.5 Å². The van der Waals surface area contributed by atoms with Gasteiger partial charge in [-0.15, -0.1) is 0 Å². The highest BCUT2D eigenvalue weighted by Crippen LogP contribution is 2.38. The summed E-state index contributed by atoms with van der Waals surface area (Å²) in [6, 6.07) is 7.59. The molecule has 0 amide bonds. The quantitative estimate of drug-likeness (QED) is 0.836. The molecule has 136 valence electrons. The molecular weight excluding hydrogens is 324 g/mol. The van der Waals surface area contributed by atoms with Gasteiger partial charge in [-0.2, -0.15) is 5.10 Å². The number of benzene rings is 1. The Bertz CT molecular complexity index is 626. The topological polar surface area (TPSA) is 28.1 Å². The minimum atomic E-state index is -2.61. The average molecular weight is 349 g/mol. The first kappa shape index (κ1) is 16.8. The Morgan fingerprint density at radius 1 is 1.04 bits per heavy atom. The van der Waals surface area contributed by atoms with Crippen LogP contribution in [0.15, 0.2) is 29.4 Å². The maximum absolute atomic E-state index is 14.2. The zero-order chi connectivity index (χ0) is 17.3. The molecular formula is C19H25F2N3O. The van der Waals surface area contributed by atoms with Crippen LogP contribution in [0.1, 0.15) is 37.7 Å². The van der Waals surface area contributed by atoms with Crippen LogP contribution < -0.4 is 4.90 Å². The standard InChI is InChI=1S/C19H25F2N3O/c20-19(21)9-2-1-3-18(19)24-10-8-17(22-24)15-4-6-16(7-5-15)23-11-13-25-14-12-23/h4-7,18H,1-3,8-14H2. The highest BCUT2D eigenvalue weighted by molar-refractivity contribution is 6.01. The van der Waals surface area contributed by atoms with Crippen molar-refractivity contribution in [2.45, 2.75) is 44.1 Å². The molecule has 1 aromatic rings. The summed E-state index contributed by atoms with van der Waals surface area (Å²) in [7, 11) is 0. The summed E-state index contributed by atoms with van der Waals surface area (Å²) in [6.07, 6.45) is 2.77. The van der Waals surface area contributed by atoms with Crippen LogP contribution in [0.3, 0.4) is 0 Å². The van der Waals surface area contributed by atoms with Gasteiger partial charge in [0.2, 0.25) is 0 Å². The van der Waals surface area contributed by atoms with Crippen LogP contribution in [0, 0.1) is 0 Å². The molecule has 25 heavy (non-hydrogen) atoms. The SMILES string of the molecule is FC1(F)CCCCC1N1CCC(c2ccc(N3CCOCC3)cc2)=N1. The first-order valence-electron chi connectivity index (χ1n) is 9.28. The molecule has 4 rings (SSSR count). The van der Waals surface area contributed by atoms with Gasteiger partial charge in [-0.3, -0.25) is 5.01 Å². The second-order valence-corrected chi connectivity index (χ2v) is 7.13. The zero-order valence-electron chi connectivity index (χ0n) is 14.5. The van der Waals surface area contributed by atoms with Crippen molar-refractivity contribution in [3.63, 3.8) is 0 Å².